The number of aryl methyl sites for hydroxylation is 1. The molecular weight excluding hydrogens is 298 g/mol. The molecule has 100 valence electrons. The Morgan fingerprint density at radius 1 is 1.50 bits per heavy atom. The van der Waals surface area contributed by atoms with Gasteiger partial charge in [-0.3, -0.25) is 4.79 Å². The standard InChI is InChI=1S/C13H18BrNO3/c1-3-4-15-12(17)8-18-13-9(2)5-11(14)6-10(13)7-16/h5-6,16H,3-4,7-8H2,1-2H3,(H,15,17). The number of hydrogen-bond donors (Lipinski definition) is 2. The zero-order chi connectivity index (χ0) is 13.5. The summed E-state index contributed by atoms with van der Waals surface area (Å²) >= 11 is 3.36. The van der Waals surface area contributed by atoms with E-state index in [-0.39, 0.29) is 19.1 Å². The summed E-state index contributed by atoms with van der Waals surface area (Å²) in [6, 6.07) is 3.67. The first-order valence-electron chi connectivity index (χ1n) is 5.87. The van der Waals surface area contributed by atoms with Crippen molar-refractivity contribution < 1.29 is 14.6 Å². The smallest absolute Gasteiger partial charge is 0.257 e. The van der Waals surface area contributed by atoms with Crippen LogP contribution >= 0.6 is 15.9 Å². The summed E-state index contributed by atoms with van der Waals surface area (Å²) in [6.07, 6.45) is 0.894. The number of hydrogen-bond acceptors (Lipinski definition) is 3. The lowest BCUT2D eigenvalue weighted by atomic mass is 10.1. The van der Waals surface area contributed by atoms with Crippen LogP contribution in [0, 0.1) is 6.92 Å². The zero-order valence-corrected chi connectivity index (χ0v) is 12.2. The van der Waals surface area contributed by atoms with Crippen LogP contribution in [0.4, 0.5) is 0 Å². The summed E-state index contributed by atoms with van der Waals surface area (Å²) in [5, 5.41) is 12.0. The quantitative estimate of drug-likeness (QED) is 0.845. The number of nitrogens with one attached hydrogen (secondary N) is 1. The number of amides is 1. The van der Waals surface area contributed by atoms with Crippen LogP contribution in [0.2, 0.25) is 0 Å². The Morgan fingerprint density at radius 2 is 2.22 bits per heavy atom. The minimum Gasteiger partial charge on any atom is -0.483 e. The van der Waals surface area contributed by atoms with Crippen molar-refractivity contribution >= 4 is 21.8 Å². The van der Waals surface area contributed by atoms with Crippen molar-refractivity contribution in [3.63, 3.8) is 0 Å². The number of aliphatic hydroxyl groups is 1. The molecule has 0 radical (unpaired) electrons. The average molecular weight is 316 g/mol. The maximum atomic E-state index is 11.4. The van der Waals surface area contributed by atoms with Gasteiger partial charge in [-0.25, -0.2) is 0 Å². The van der Waals surface area contributed by atoms with Gasteiger partial charge in [-0.15, -0.1) is 0 Å². The maximum absolute atomic E-state index is 11.4. The van der Waals surface area contributed by atoms with E-state index in [4.69, 9.17) is 4.74 Å². The third-order valence-corrected chi connectivity index (χ3v) is 2.86. The SMILES string of the molecule is CCCNC(=O)COc1c(C)cc(Br)cc1CO. The van der Waals surface area contributed by atoms with E-state index in [1.807, 2.05) is 19.9 Å². The fourth-order valence-corrected chi connectivity index (χ4v) is 2.20. The normalized spacial score (nSPS) is 10.2. The van der Waals surface area contributed by atoms with E-state index in [1.165, 1.54) is 0 Å². The molecule has 0 spiro atoms. The second-order valence-electron chi connectivity index (χ2n) is 4.01. The summed E-state index contributed by atoms with van der Waals surface area (Å²) in [5.74, 6) is 0.426. The second kappa shape index (κ2) is 7.38. The van der Waals surface area contributed by atoms with Gasteiger partial charge in [0.15, 0.2) is 6.61 Å². The van der Waals surface area contributed by atoms with Gasteiger partial charge in [-0.2, -0.15) is 0 Å². The van der Waals surface area contributed by atoms with Crippen LogP contribution in [0.1, 0.15) is 24.5 Å². The van der Waals surface area contributed by atoms with Crippen molar-refractivity contribution in [2.45, 2.75) is 26.9 Å². The number of ether oxygens (including phenoxy) is 1. The molecule has 2 N–H and O–H groups in total. The molecule has 0 heterocycles. The molecule has 0 saturated carbocycles. The van der Waals surface area contributed by atoms with Crippen molar-refractivity contribution in [1.29, 1.82) is 0 Å². The van der Waals surface area contributed by atoms with Gasteiger partial charge >= 0.3 is 0 Å². The van der Waals surface area contributed by atoms with E-state index in [0.29, 0.717) is 17.9 Å². The van der Waals surface area contributed by atoms with Crippen LogP contribution in [-0.2, 0) is 11.4 Å². The molecule has 1 amide bonds. The molecule has 0 aliphatic rings. The Bertz CT molecular complexity index is 421. The van der Waals surface area contributed by atoms with Crippen LogP contribution in [-0.4, -0.2) is 24.2 Å². The van der Waals surface area contributed by atoms with Gasteiger partial charge in [0.25, 0.3) is 5.91 Å². The number of benzene rings is 1. The van der Waals surface area contributed by atoms with Gasteiger partial charge in [0.2, 0.25) is 0 Å². The molecule has 0 aliphatic carbocycles. The fourth-order valence-electron chi connectivity index (χ4n) is 1.58. The number of carbonyl (C=O) groups is 1. The highest BCUT2D eigenvalue weighted by Gasteiger charge is 2.10. The Hall–Kier alpha value is -1.07. The Kier molecular flexibility index (Phi) is 6.15. The summed E-state index contributed by atoms with van der Waals surface area (Å²) in [5.41, 5.74) is 1.56. The van der Waals surface area contributed by atoms with E-state index in [9.17, 15) is 9.90 Å². The third kappa shape index (κ3) is 4.31. The molecule has 0 atom stereocenters. The molecule has 5 heteroatoms. The number of carbonyl (C=O) groups excluding carboxylic acids is 1. The molecule has 4 nitrogen and oxygen atoms in total. The number of rotatable bonds is 6. The summed E-state index contributed by atoms with van der Waals surface area (Å²) in [6.45, 7) is 4.36. The number of aliphatic hydroxyl groups excluding tert-OH is 1. The van der Waals surface area contributed by atoms with Crippen LogP contribution < -0.4 is 10.1 Å². The van der Waals surface area contributed by atoms with Crippen molar-refractivity contribution in [3.8, 4) is 5.75 Å². The molecule has 1 rings (SSSR count). The molecule has 0 saturated heterocycles. The summed E-state index contributed by atoms with van der Waals surface area (Å²) in [7, 11) is 0. The first kappa shape index (κ1) is 15.0. The van der Waals surface area contributed by atoms with E-state index in [1.54, 1.807) is 6.07 Å². The highest BCUT2D eigenvalue weighted by atomic mass is 79.9. The highest BCUT2D eigenvalue weighted by molar-refractivity contribution is 9.10. The Labute approximate surface area is 115 Å². The van der Waals surface area contributed by atoms with Gasteiger partial charge in [0.05, 0.1) is 6.61 Å². The lowest BCUT2D eigenvalue weighted by Crippen LogP contribution is -2.29. The third-order valence-electron chi connectivity index (χ3n) is 2.41. The van der Waals surface area contributed by atoms with E-state index < -0.39 is 0 Å². The van der Waals surface area contributed by atoms with E-state index >= 15 is 0 Å². The Balaban J connectivity index is 2.69. The minimum atomic E-state index is -0.150. The van der Waals surface area contributed by atoms with Crippen molar-refractivity contribution in [1.82, 2.24) is 5.32 Å². The predicted molar refractivity (Wildman–Crippen MR) is 73.6 cm³/mol. The summed E-state index contributed by atoms with van der Waals surface area (Å²) in [4.78, 5) is 11.4. The molecule has 1 aromatic rings. The first-order valence-corrected chi connectivity index (χ1v) is 6.67. The minimum absolute atomic E-state index is 0.0323. The summed E-state index contributed by atoms with van der Waals surface area (Å²) < 4.78 is 6.36. The van der Waals surface area contributed by atoms with E-state index in [2.05, 4.69) is 21.2 Å². The maximum Gasteiger partial charge on any atom is 0.257 e. The van der Waals surface area contributed by atoms with Crippen molar-refractivity contribution in [2.75, 3.05) is 13.2 Å². The predicted octanol–water partition coefficient (Wildman–Crippen LogP) is 2.15. The molecule has 0 unspecified atom stereocenters. The van der Waals surface area contributed by atoms with Gasteiger partial charge in [0.1, 0.15) is 5.75 Å². The fraction of sp³-hybridized carbons (Fsp3) is 0.462. The first-order chi connectivity index (χ1) is 8.58. The molecule has 0 fully saturated rings. The monoisotopic (exact) mass is 315 g/mol. The largest absolute Gasteiger partial charge is 0.483 e. The lowest BCUT2D eigenvalue weighted by molar-refractivity contribution is -0.123. The molecule has 1 aromatic carbocycles. The molecule has 18 heavy (non-hydrogen) atoms. The van der Waals surface area contributed by atoms with Gasteiger partial charge in [-0.05, 0) is 31.0 Å². The van der Waals surface area contributed by atoms with Crippen LogP contribution in [0.15, 0.2) is 16.6 Å². The molecule has 0 aliphatic heterocycles. The van der Waals surface area contributed by atoms with E-state index in [0.717, 1.165) is 16.5 Å². The van der Waals surface area contributed by atoms with Crippen LogP contribution in [0.3, 0.4) is 0 Å². The van der Waals surface area contributed by atoms with Gasteiger partial charge in [-0.1, -0.05) is 22.9 Å². The van der Waals surface area contributed by atoms with Crippen LogP contribution in [0.25, 0.3) is 0 Å². The lowest BCUT2D eigenvalue weighted by Gasteiger charge is -2.13. The van der Waals surface area contributed by atoms with Crippen molar-refractivity contribution in [3.05, 3.63) is 27.7 Å². The van der Waals surface area contributed by atoms with Gasteiger partial charge in [0, 0.05) is 16.6 Å². The Morgan fingerprint density at radius 3 is 2.83 bits per heavy atom. The zero-order valence-electron chi connectivity index (χ0n) is 10.6. The van der Waals surface area contributed by atoms with Crippen molar-refractivity contribution in [2.24, 2.45) is 0 Å². The van der Waals surface area contributed by atoms with Gasteiger partial charge < -0.3 is 15.2 Å². The average Bonchev–Trinajstić information content (AvgIpc) is 2.34. The highest BCUT2D eigenvalue weighted by Crippen LogP contribution is 2.28. The van der Waals surface area contributed by atoms with Crippen LogP contribution in [0.5, 0.6) is 5.75 Å². The second-order valence-corrected chi connectivity index (χ2v) is 4.92. The number of halogens is 1. The molecule has 0 bridgehead atoms. The molecular formula is C13H18BrNO3. The molecule has 0 aromatic heterocycles. The topological polar surface area (TPSA) is 58.6 Å².